The number of benzene rings is 2. The summed E-state index contributed by atoms with van der Waals surface area (Å²) in [6.07, 6.45) is -0.0300. The van der Waals surface area contributed by atoms with E-state index in [-0.39, 0.29) is 24.0 Å². The van der Waals surface area contributed by atoms with E-state index in [1.807, 2.05) is 37.3 Å². The number of carbonyl (C=O) groups excluding carboxylic acids is 3. The summed E-state index contributed by atoms with van der Waals surface area (Å²) < 4.78 is 5.12. The Bertz CT molecular complexity index is 944. The van der Waals surface area contributed by atoms with E-state index in [9.17, 15) is 14.4 Å². The van der Waals surface area contributed by atoms with Crippen molar-refractivity contribution in [3.8, 4) is 5.75 Å². The third-order valence-electron chi connectivity index (χ3n) is 3.80. The molecule has 1 heterocycles. The number of amides is 2. The van der Waals surface area contributed by atoms with Crippen LogP contribution in [-0.2, 0) is 14.4 Å². The lowest BCUT2D eigenvalue weighted by Gasteiger charge is -2.12. The second-order valence-electron chi connectivity index (χ2n) is 6.19. The standard InChI is InChI=1S/C20H19N3O4S/c1-12-8-9-16(27-13(2)24)15(10-12)22-18(25)11-17-19(26)23-20(28-17)21-14-6-4-3-5-7-14/h3-10,17H,11H2,1-2H3,(H,22,25)(H,21,23,26)/t17-/m1/s1. The van der Waals surface area contributed by atoms with Gasteiger partial charge in [0.25, 0.3) is 0 Å². The van der Waals surface area contributed by atoms with E-state index in [1.165, 1.54) is 18.7 Å². The first kappa shape index (κ1) is 19.6. The summed E-state index contributed by atoms with van der Waals surface area (Å²) >= 11 is 1.21. The Labute approximate surface area is 166 Å². The first-order valence-electron chi connectivity index (χ1n) is 8.61. The van der Waals surface area contributed by atoms with Gasteiger partial charge in [-0.05, 0) is 36.8 Å². The number of aliphatic imine (C=N–C) groups is 1. The molecule has 2 amide bonds. The van der Waals surface area contributed by atoms with Crippen LogP contribution in [0, 0.1) is 6.92 Å². The summed E-state index contributed by atoms with van der Waals surface area (Å²) in [5.41, 5.74) is 2.01. The van der Waals surface area contributed by atoms with Crippen molar-refractivity contribution in [3.63, 3.8) is 0 Å². The molecule has 28 heavy (non-hydrogen) atoms. The van der Waals surface area contributed by atoms with Gasteiger partial charge in [-0.3, -0.25) is 14.4 Å². The molecule has 1 aliphatic rings. The largest absolute Gasteiger partial charge is 0.424 e. The smallest absolute Gasteiger partial charge is 0.308 e. The fraction of sp³-hybridized carbons (Fsp3) is 0.200. The maximum Gasteiger partial charge on any atom is 0.308 e. The van der Waals surface area contributed by atoms with E-state index in [0.717, 1.165) is 11.3 Å². The Balaban J connectivity index is 1.65. The van der Waals surface area contributed by atoms with Crippen molar-refractivity contribution in [2.24, 2.45) is 4.99 Å². The summed E-state index contributed by atoms with van der Waals surface area (Å²) in [5.74, 6) is -0.833. The summed E-state index contributed by atoms with van der Waals surface area (Å²) in [6.45, 7) is 3.15. The molecule has 144 valence electrons. The Morgan fingerprint density at radius 2 is 1.96 bits per heavy atom. The molecule has 2 N–H and O–H groups in total. The van der Waals surface area contributed by atoms with Crippen LogP contribution in [-0.4, -0.2) is 28.2 Å². The van der Waals surface area contributed by atoms with Crippen LogP contribution in [0.4, 0.5) is 11.4 Å². The quantitative estimate of drug-likeness (QED) is 0.597. The molecule has 0 bridgehead atoms. The zero-order chi connectivity index (χ0) is 20.1. The lowest BCUT2D eigenvalue weighted by Crippen LogP contribution is -2.28. The zero-order valence-corrected chi connectivity index (χ0v) is 16.2. The van der Waals surface area contributed by atoms with Gasteiger partial charge >= 0.3 is 5.97 Å². The SMILES string of the molecule is CC(=O)Oc1ccc(C)cc1NC(=O)C[C@H]1SC(=Nc2ccccc2)NC1=O. The Hall–Kier alpha value is -3.13. The Kier molecular flexibility index (Phi) is 6.10. The van der Waals surface area contributed by atoms with Gasteiger partial charge < -0.3 is 15.4 Å². The number of ether oxygens (including phenoxy) is 1. The molecule has 0 saturated carbocycles. The summed E-state index contributed by atoms with van der Waals surface area (Å²) in [6, 6.07) is 14.4. The van der Waals surface area contributed by atoms with E-state index in [0.29, 0.717) is 10.9 Å². The maximum atomic E-state index is 12.4. The number of hydrogen-bond acceptors (Lipinski definition) is 6. The van der Waals surface area contributed by atoms with Gasteiger partial charge in [-0.15, -0.1) is 0 Å². The highest BCUT2D eigenvalue weighted by atomic mass is 32.2. The number of nitrogens with zero attached hydrogens (tertiary/aromatic N) is 1. The van der Waals surface area contributed by atoms with Crippen LogP contribution < -0.4 is 15.4 Å². The van der Waals surface area contributed by atoms with Crippen molar-refractivity contribution in [1.29, 1.82) is 0 Å². The normalized spacial score (nSPS) is 17.3. The summed E-state index contributed by atoms with van der Waals surface area (Å²) in [7, 11) is 0. The molecule has 1 fully saturated rings. The molecule has 3 rings (SSSR count). The zero-order valence-electron chi connectivity index (χ0n) is 15.4. The van der Waals surface area contributed by atoms with E-state index >= 15 is 0 Å². The van der Waals surface area contributed by atoms with Crippen LogP contribution in [0.25, 0.3) is 0 Å². The van der Waals surface area contributed by atoms with Gasteiger partial charge in [0.2, 0.25) is 11.8 Å². The number of para-hydroxylation sites is 1. The van der Waals surface area contributed by atoms with Crippen molar-refractivity contribution in [1.82, 2.24) is 5.32 Å². The molecule has 2 aromatic rings. The molecule has 0 aromatic heterocycles. The van der Waals surface area contributed by atoms with Gasteiger partial charge in [-0.2, -0.15) is 0 Å². The molecule has 0 spiro atoms. The number of amidine groups is 1. The first-order valence-corrected chi connectivity index (χ1v) is 9.49. The highest BCUT2D eigenvalue weighted by molar-refractivity contribution is 8.15. The number of carbonyl (C=O) groups is 3. The van der Waals surface area contributed by atoms with Crippen LogP contribution in [0.3, 0.4) is 0 Å². The third kappa shape index (κ3) is 5.20. The fourth-order valence-corrected chi connectivity index (χ4v) is 3.55. The predicted molar refractivity (Wildman–Crippen MR) is 109 cm³/mol. The lowest BCUT2D eigenvalue weighted by atomic mass is 10.2. The predicted octanol–water partition coefficient (Wildman–Crippen LogP) is 3.17. The van der Waals surface area contributed by atoms with Crippen molar-refractivity contribution in [2.45, 2.75) is 25.5 Å². The van der Waals surface area contributed by atoms with Crippen LogP contribution in [0.5, 0.6) is 5.75 Å². The van der Waals surface area contributed by atoms with Crippen LogP contribution >= 0.6 is 11.8 Å². The topological polar surface area (TPSA) is 96.9 Å². The second-order valence-corrected chi connectivity index (χ2v) is 7.39. The second kappa shape index (κ2) is 8.71. The number of esters is 1. The van der Waals surface area contributed by atoms with Crippen LogP contribution in [0.1, 0.15) is 18.9 Å². The Morgan fingerprint density at radius 3 is 2.68 bits per heavy atom. The van der Waals surface area contributed by atoms with E-state index in [1.54, 1.807) is 18.2 Å². The van der Waals surface area contributed by atoms with Crippen molar-refractivity contribution in [2.75, 3.05) is 5.32 Å². The van der Waals surface area contributed by atoms with E-state index in [4.69, 9.17) is 4.74 Å². The van der Waals surface area contributed by atoms with E-state index < -0.39 is 11.2 Å². The monoisotopic (exact) mass is 397 g/mol. The van der Waals surface area contributed by atoms with Gasteiger partial charge in [0, 0.05) is 13.3 Å². The van der Waals surface area contributed by atoms with Gasteiger partial charge in [0.1, 0.15) is 5.25 Å². The minimum atomic E-state index is -0.579. The molecular formula is C20H19N3O4S. The summed E-state index contributed by atoms with van der Waals surface area (Å²) in [4.78, 5) is 40.2. The minimum absolute atomic E-state index is 0.0300. The average Bonchev–Trinajstić information content (AvgIpc) is 2.96. The maximum absolute atomic E-state index is 12.4. The van der Waals surface area contributed by atoms with Crippen molar-refractivity contribution in [3.05, 3.63) is 54.1 Å². The van der Waals surface area contributed by atoms with Crippen LogP contribution in [0.15, 0.2) is 53.5 Å². The van der Waals surface area contributed by atoms with E-state index in [2.05, 4.69) is 15.6 Å². The van der Waals surface area contributed by atoms with Gasteiger partial charge in [-0.25, -0.2) is 4.99 Å². The lowest BCUT2D eigenvalue weighted by molar-refractivity contribution is -0.132. The molecule has 0 unspecified atom stereocenters. The highest BCUT2D eigenvalue weighted by Crippen LogP contribution is 2.28. The molecule has 7 nitrogen and oxygen atoms in total. The van der Waals surface area contributed by atoms with Crippen LogP contribution in [0.2, 0.25) is 0 Å². The number of anilines is 1. The number of thioether (sulfide) groups is 1. The highest BCUT2D eigenvalue weighted by Gasteiger charge is 2.32. The van der Waals surface area contributed by atoms with Crippen molar-refractivity contribution < 1.29 is 19.1 Å². The van der Waals surface area contributed by atoms with Gasteiger partial charge in [0.15, 0.2) is 10.9 Å². The first-order chi connectivity index (χ1) is 13.4. The van der Waals surface area contributed by atoms with Crippen molar-refractivity contribution >= 4 is 46.1 Å². The average molecular weight is 397 g/mol. The van der Waals surface area contributed by atoms with Gasteiger partial charge in [-0.1, -0.05) is 36.0 Å². The molecule has 1 aliphatic heterocycles. The Morgan fingerprint density at radius 1 is 1.21 bits per heavy atom. The molecule has 0 aliphatic carbocycles. The molecule has 0 radical (unpaired) electrons. The number of aryl methyl sites for hydroxylation is 1. The fourth-order valence-electron chi connectivity index (χ4n) is 2.57. The molecule has 8 heteroatoms. The minimum Gasteiger partial charge on any atom is -0.424 e. The third-order valence-corrected chi connectivity index (χ3v) is 4.88. The van der Waals surface area contributed by atoms with Gasteiger partial charge in [0.05, 0.1) is 11.4 Å². The number of rotatable bonds is 5. The molecule has 1 atom stereocenters. The number of hydrogen-bond donors (Lipinski definition) is 2. The molecule has 2 aromatic carbocycles. The number of nitrogens with one attached hydrogen (secondary N) is 2. The molecular weight excluding hydrogens is 378 g/mol. The summed E-state index contributed by atoms with van der Waals surface area (Å²) in [5, 5.41) is 5.30. The molecule has 1 saturated heterocycles.